The molecule has 0 fully saturated rings. The fraction of sp³-hybridized carbons (Fsp3) is 0.435. The minimum absolute atomic E-state index is 0.146. The van der Waals surface area contributed by atoms with Gasteiger partial charge in [-0.15, -0.1) is 0 Å². The summed E-state index contributed by atoms with van der Waals surface area (Å²) >= 11 is 0. The molecule has 0 spiro atoms. The van der Waals surface area contributed by atoms with Gasteiger partial charge in [-0.3, -0.25) is 0 Å². The molecule has 0 amide bonds. The highest BCUT2D eigenvalue weighted by molar-refractivity contribution is 5.72. The lowest BCUT2D eigenvalue weighted by molar-refractivity contribution is -0.153. The van der Waals surface area contributed by atoms with Gasteiger partial charge in [0.25, 0.3) is 0 Å². The molecule has 2 aromatic rings. The van der Waals surface area contributed by atoms with Crippen molar-refractivity contribution in [1.82, 2.24) is 0 Å². The van der Waals surface area contributed by atoms with Crippen molar-refractivity contribution in [2.45, 2.75) is 52.2 Å². The number of hydrogen-bond acceptors (Lipinski definition) is 4. The van der Waals surface area contributed by atoms with E-state index in [0.29, 0.717) is 31.3 Å². The smallest absolute Gasteiger partial charge is 0.333 e. The molecule has 0 aromatic heterocycles. The molecule has 1 atom stereocenters. The molecule has 0 aliphatic rings. The van der Waals surface area contributed by atoms with E-state index in [1.165, 1.54) is 5.56 Å². The molecule has 2 rings (SSSR count). The highest BCUT2D eigenvalue weighted by Crippen LogP contribution is 2.19. The van der Waals surface area contributed by atoms with E-state index in [1.54, 1.807) is 0 Å². The maximum atomic E-state index is 11.4. The molecule has 0 aliphatic carbocycles. The van der Waals surface area contributed by atoms with Gasteiger partial charge in [-0.1, -0.05) is 38.1 Å². The van der Waals surface area contributed by atoms with Gasteiger partial charge in [0, 0.05) is 6.42 Å². The normalized spacial score (nSPS) is 12.2. The topological polar surface area (TPSA) is 65.0 Å². The van der Waals surface area contributed by atoms with Crippen LogP contribution >= 0.6 is 0 Å². The number of rotatable bonds is 11. The predicted molar refractivity (Wildman–Crippen MR) is 109 cm³/mol. The van der Waals surface area contributed by atoms with Gasteiger partial charge in [-0.25, -0.2) is 4.79 Å². The quantitative estimate of drug-likeness (QED) is 0.568. The highest BCUT2D eigenvalue weighted by Gasteiger charge is 2.20. The number of aliphatic carboxylic acids is 1. The van der Waals surface area contributed by atoms with Gasteiger partial charge < -0.3 is 19.3 Å². The number of benzene rings is 2. The Balaban J connectivity index is 1.83. The van der Waals surface area contributed by atoms with Crippen LogP contribution in [0.15, 0.2) is 48.5 Å². The zero-order valence-electron chi connectivity index (χ0n) is 17.1. The van der Waals surface area contributed by atoms with Gasteiger partial charge in [0.1, 0.15) is 24.7 Å². The van der Waals surface area contributed by atoms with Crippen molar-refractivity contribution in [2.24, 2.45) is 0 Å². The van der Waals surface area contributed by atoms with Gasteiger partial charge in [0.05, 0.1) is 6.10 Å². The van der Waals surface area contributed by atoms with Gasteiger partial charge in [-0.2, -0.15) is 0 Å². The zero-order chi connectivity index (χ0) is 20.5. The molecule has 5 nitrogen and oxygen atoms in total. The van der Waals surface area contributed by atoms with E-state index in [1.807, 2.05) is 50.2 Å². The Morgan fingerprint density at radius 1 is 0.929 bits per heavy atom. The Bertz CT molecular complexity index is 737. The summed E-state index contributed by atoms with van der Waals surface area (Å²) in [4.78, 5) is 11.4. The molecule has 0 saturated heterocycles. The Morgan fingerprint density at radius 2 is 1.57 bits per heavy atom. The largest absolute Gasteiger partial charge is 0.490 e. The van der Waals surface area contributed by atoms with Crippen molar-refractivity contribution in [1.29, 1.82) is 0 Å². The molecule has 0 aliphatic heterocycles. The van der Waals surface area contributed by atoms with Crippen LogP contribution in [0, 0.1) is 0 Å². The summed E-state index contributed by atoms with van der Waals surface area (Å²) in [5, 5.41) is 9.31. The third-order valence-corrected chi connectivity index (χ3v) is 4.20. The molecule has 5 heteroatoms. The zero-order valence-corrected chi connectivity index (χ0v) is 17.1. The van der Waals surface area contributed by atoms with E-state index >= 15 is 0 Å². The Hall–Kier alpha value is -2.53. The molecule has 28 heavy (non-hydrogen) atoms. The average Bonchev–Trinajstić information content (AvgIpc) is 2.65. The summed E-state index contributed by atoms with van der Waals surface area (Å²) in [7, 11) is 0. The minimum atomic E-state index is -0.961. The standard InChI is InChI=1S/C23H30O5/c1-16(2)19-8-10-20(11-9-19)26-12-13-27-21-7-5-6-18(14-21)15-22(23(24)25)28-17(3)4/h5-11,14,16-17,22H,12-13,15H2,1-4H3,(H,24,25). The molecule has 1 unspecified atom stereocenters. The van der Waals surface area contributed by atoms with Crippen molar-refractivity contribution in [2.75, 3.05) is 13.2 Å². The van der Waals surface area contributed by atoms with E-state index in [2.05, 4.69) is 26.0 Å². The van der Waals surface area contributed by atoms with Crippen molar-refractivity contribution in [3.05, 3.63) is 59.7 Å². The highest BCUT2D eigenvalue weighted by atomic mass is 16.5. The maximum absolute atomic E-state index is 11.4. The van der Waals surface area contributed by atoms with E-state index in [4.69, 9.17) is 14.2 Å². The van der Waals surface area contributed by atoms with E-state index in [9.17, 15) is 9.90 Å². The molecule has 0 bridgehead atoms. The lowest BCUT2D eigenvalue weighted by Crippen LogP contribution is -2.29. The van der Waals surface area contributed by atoms with Crippen molar-refractivity contribution < 1.29 is 24.1 Å². The summed E-state index contributed by atoms with van der Waals surface area (Å²) in [6.45, 7) is 8.80. The Labute approximate surface area is 167 Å². The van der Waals surface area contributed by atoms with Crippen molar-refractivity contribution >= 4 is 5.97 Å². The number of carbonyl (C=O) groups is 1. The van der Waals surface area contributed by atoms with Crippen LogP contribution in [0.5, 0.6) is 11.5 Å². The van der Waals surface area contributed by atoms with Crippen LogP contribution < -0.4 is 9.47 Å². The van der Waals surface area contributed by atoms with Crippen LogP contribution in [0.3, 0.4) is 0 Å². The summed E-state index contributed by atoms with van der Waals surface area (Å²) in [5.74, 6) is 1.04. The summed E-state index contributed by atoms with van der Waals surface area (Å²) < 4.78 is 16.9. The van der Waals surface area contributed by atoms with Crippen LogP contribution in [-0.2, 0) is 16.0 Å². The first-order chi connectivity index (χ1) is 13.3. The molecule has 0 saturated carbocycles. The molecule has 152 valence electrons. The first-order valence-electron chi connectivity index (χ1n) is 9.68. The molecular weight excluding hydrogens is 356 g/mol. The van der Waals surface area contributed by atoms with Crippen molar-refractivity contribution in [3.63, 3.8) is 0 Å². The molecule has 0 radical (unpaired) electrons. The lowest BCUT2D eigenvalue weighted by Gasteiger charge is -2.17. The van der Waals surface area contributed by atoms with Crippen LogP contribution in [-0.4, -0.2) is 36.5 Å². The molecule has 0 heterocycles. The second kappa shape index (κ2) is 10.7. The van der Waals surface area contributed by atoms with Crippen molar-refractivity contribution in [3.8, 4) is 11.5 Å². The Morgan fingerprint density at radius 3 is 2.14 bits per heavy atom. The fourth-order valence-electron chi connectivity index (χ4n) is 2.77. The number of carboxylic acid groups (broad SMARTS) is 1. The van der Waals surface area contributed by atoms with Crippen LogP contribution in [0.1, 0.15) is 44.7 Å². The van der Waals surface area contributed by atoms with Crippen LogP contribution in [0.2, 0.25) is 0 Å². The monoisotopic (exact) mass is 386 g/mol. The number of carboxylic acids is 1. The summed E-state index contributed by atoms with van der Waals surface area (Å²) in [6.07, 6.45) is -0.719. The molecular formula is C23H30O5. The van der Waals surface area contributed by atoms with Gasteiger partial charge in [-0.05, 0) is 55.2 Å². The SMILES string of the molecule is CC(C)OC(Cc1cccc(OCCOc2ccc(C(C)C)cc2)c1)C(=O)O. The van der Waals surface area contributed by atoms with E-state index in [-0.39, 0.29) is 6.10 Å². The average molecular weight is 386 g/mol. The Kier molecular flexibility index (Phi) is 8.33. The number of ether oxygens (including phenoxy) is 3. The summed E-state index contributed by atoms with van der Waals surface area (Å²) in [6, 6.07) is 15.5. The molecule has 1 N–H and O–H groups in total. The van der Waals surface area contributed by atoms with Gasteiger partial charge in [0.2, 0.25) is 0 Å². The second-order valence-electron chi connectivity index (χ2n) is 7.28. The first-order valence-corrected chi connectivity index (χ1v) is 9.68. The first kappa shape index (κ1) is 21.8. The van der Waals surface area contributed by atoms with E-state index in [0.717, 1.165) is 11.3 Å². The predicted octanol–water partition coefficient (Wildman–Crippen LogP) is 4.69. The molecule has 2 aromatic carbocycles. The summed E-state index contributed by atoms with van der Waals surface area (Å²) in [5.41, 5.74) is 2.14. The number of hydrogen-bond donors (Lipinski definition) is 1. The lowest BCUT2D eigenvalue weighted by atomic mass is 10.0. The third kappa shape index (κ3) is 7.24. The third-order valence-electron chi connectivity index (χ3n) is 4.20. The van der Waals surface area contributed by atoms with E-state index < -0.39 is 12.1 Å². The van der Waals surface area contributed by atoms with Crippen LogP contribution in [0.25, 0.3) is 0 Å². The van der Waals surface area contributed by atoms with Crippen LogP contribution in [0.4, 0.5) is 0 Å². The van der Waals surface area contributed by atoms with Gasteiger partial charge >= 0.3 is 5.97 Å². The second-order valence-corrected chi connectivity index (χ2v) is 7.28. The maximum Gasteiger partial charge on any atom is 0.333 e. The minimum Gasteiger partial charge on any atom is -0.490 e. The fourth-order valence-corrected chi connectivity index (χ4v) is 2.77. The van der Waals surface area contributed by atoms with Gasteiger partial charge in [0.15, 0.2) is 6.10 Å².